The summed E-state index contributed by atoms with van der Waals surface area (Å²) in [7, 11) is -2.63. The highest BCUT2D eigenvalue weighted by atomic mass is 35.5. The monoisotopic (exact) mass is 343 g/mol. The lowest BCUT2D eigenvalue weighted by molar-refractivity contribution is 0.0697. The van der Waals surface area contributed by atoms with Crippen LogP contribution in [-0.4, -0.2) is 26.5 Å². The molecule has 0 aliphatic heterocycles. The highest BCUT2D eigenvalue weighted by molar-refractivity contribution is 7.92. The summed E-state index contributed by atoms with van der Waals surface area (Å²) in [5.74, 6) is -1.73. The molecule has 1 N–H and O–H groups in total. The molecule has 2 aromatic rings. The fourth-order valence-corrected chi connectivity index (χ4v) is 3.33. The average molecular weight is 344 g/mol. The van der Waals surface area contributed by atoms with Crippen molar-refractivity contribution in [2.45, 2.75) is 4.90 Å². The van der Waals surface area contributed by atoms with Crippen LogP contribution in [0.25, 0.3) is 0 Å². The van der Waals surface area contributed by atoms with Crippen molar-refractivity contribution in [2.24, 2.45) is 0 Å². The van der Waals surface area contributed by atoms with Crippen LogP contribution in [0.1, 0.15) is 10.4 Å². The first-order valence-electron chi connectivity index (χ1n) is 6.01. The fraction of sp³-hybridized carbons (Fsp3) is 0.0714. The quantitative estimate of drug-likeness (QED) is 0.926. The smallest absolute Gasteiger partial charge is 0.337 e. The van der Waals surface area contributed by atoms with Gasteiger partial charge in [-0.05, 0) is 42.5 Å². The molecule has 5 nitrogen and oxygen atoms in total. The Labute approximate surface area is 131 Å². The molecule has 0 spiro atoms. The first-order chi connectivity index (χ1) is 10.2. The zero-order valence-electron chi connectivity index (χ0n) is 11.3. The molecule has 0 fully saturated rings. The Morgan fingerprint density at radius 3 is 2.27 bits per heavy atom. The van der Waals surface area contributed by atoms with Crippen LogP contribution < -0.4 is 4.31 Å². The number of sulfonamides is 1. The summed E-state index contributed by atoms with van der Waals surface area (Å²) in [6, 6.07) is 8.27. The Kier molecular flexibility index (Phi) is 4.39. The molecule has 0 unspecified atom stereocenters. The Balaban J connectivity index is 2.44. The van der Waals surface area contributed by atoms with E-state index in [1.54, 1.807) is 0 Å². The molecule has 8 heteroatoms. The summed E-state index contributed by atoms with van der Waals surface area (Å²) < 4.78 is 38.8. The van der Waals surface area contributed by atoms with Gasteiger partial charge in [0, 0.05) is 7.05 Å². The van der Waals surface area contributed by atoms with Crippen molar-refractivity contribution in [3.05, 3.63) is 58.9 Å². The zero-order chi connectivity index (χ0) is 16.5. The summed E-state index contributed by atoms with van der Waals surface area (Å²) in [6.07, 6.45) is 0. The van der Waals surface area contributed by atoms with Crippen LogP contribution in [0.4, 0.5) is 10.1 Å². The second kappa shape index (κ2) is 5.94. The Morgan fingerprint density at radius 1 is 1.18 bits per heavy atom. The van der Waals surface area contributed by atoms with E-state index in [9.17, 15) is 17.6 Å². The number of aromatic carboxylic acids is 1. The van der Waals surface area contributed by atoms with Crippen LogP contribution in [0, 0.1) is 5.82 Å². The number of benzene rings is 2. The normalized spacial score (nSPS) is 11.2. The first-order valence-corrected chi connectivity index (χ1v) is 7.82. The molecule has 0 aliphatic carbocycles. The Bertz CT molecular complexity index is 821. The van der Waals surface area contributed by atoms with Crippen molar-refractivity contribution in [3.63, 3.8) is 0 Å². The molecule has 116 valence electrons. The summed E-state index contributed by atoms with van der Waals surface area (Å²) in [5.41, 5.74) is 0.0740. The minimum Gasteiger partial charge on any atom is -0.478 e. The van der Waals surface area contributed by atoms with E-state index < -0.39 is 21.8 Å². The third-order valence-corrected chi connectivity index (χ3v) is 5.11. The van der Waals surface area contributed by atoms with E-state index in [2.05, 4.69) is 0 Å². The molecule has 0 aliphatic rings. The summed E-state index contributed by atoms with van der Waals surface area (Å²) in [6.45, 7) is 0. The van der Waals surface area contributed by atoms with Crippen molar-refractivity contribution >= 4 is 33.3 Å². The third-order valence-electron chi connectivity index (χ3n) is 3.02. The van der Waals surface area contributed by atoms with Crippen LogP contribution in [0.15, 0.2) is 47.4 Å². The van der Waals surface area contributed by atoms with Gasteiger partial charge >= 0.3 is 5.97 Å². The molecule has 0 radical (unpaired) electrons. The van der Waals surface area contributed by atoms with Crippen LogP contribution in [0.5, 0.6) is 0 Å². The molecule has 0 amide bonds. The van der Waals surface area contributed by atoms with Gasteiger partial charge in [0.2, 0.25) is 0 Å². The van der Waals surface area contributed by atoms with E-state index in [1.807, 2.05) is 0 Å². The van der Waals surface area contributed by atoms with E-state index in [-0.39, 0.29) is 21.2 Å². The van der Waals surface area contributed by atoms with Gasteiger partial charge in [-0.1, -0.05) is 11.6 Å². The van der Waals surface area contributed by atoms with Crippen molar-refractivity contribution < 1.29 is 22.7 Å². The van der Waals surface area contributed by atoms with Gasteiger partial charge in [0.1, 0.15) is 5.82 Å². The van der Waals surface area contributed by atoms with E-state index in [1.165, 1.54) is 19.2 Å². The highest BCUT2D eigenvalue weighted by Gasteiger charge is 2.23. The summed E-state index contributed by atoms with van der Waals surface area (Å²) in [4.78, 5) is 10.7. The molecular formula is C14H11ClFNO4S. The largest absolute Gasteiger partial charge is 0.478 e. The van der Waals surface area contributed by atoms with Crippen LogP contribution in [-0.2, 0) is 10.0 Å². The fourth-order valence-electron chi connectivity index (χ4n) is 1.78. The van der Waals surface area contributed by atoms with E-state index in [0.29, 0.717) is 0 Å². The number of anilines is 1. The van der Waals surface area contributed by atoms with Gasteiger partial charge in [0.25, 0.3) is 10.0 Å². The first kappa shape index (κ1) is 16.3. The van der Waals surface area contributed by atoms with Gasteiger partial charge in [-0.3, -0.25) is 4.31 Å². The maximum absolute atomic E-state index is 12.9. The maximum Gasteiger partial charge on any atom is 0.337 e. The average Bonchev–Trinajstić information content (AvgIpc) is 2.46. The predicted octanol–water partition coefficient (Wildman–Crippen LogP) is 3.00. The summed E-state index contributed by atoms with van der Waals surface area (Å²) in [5, 5.41) is 8.71. The minimum atomic E-state index is -3.94. The highest BCUT2D eigenvalue weighted by Crippen LogP contribution is 2.26. The molecule has 22 heavy (non-hydrogen) atoms. The molecule has 0 bridgehead atoms. The number of carbonyl (C=O) groups is 1. The number of carboxylic acid groups (broad SMARTS) is 1. The molecule has 0 heterocycles. The van der Waals surface area contributed by atoms with Crippen molar-refractivity contribution in [1.82, 2.24) is 0 Å². The number of halogens is 2. The molecular weight excluding hydrogens is 333 g/mol. The molecule has 0 saturated heterocycles. The lowest BCUT2D eigenvalue weighted by Gasteiger charge is -2.19. The van der Waals surface area contributed by atoms with Gasteiger partial charge < -0.3 is 5.11 Å². The number of hydrogen-bond donors (Lipinski definition) is 1. The van der Waals surface area contributed by atoms with E-state index in [0.717, 1.165) is 34.6 Å². The lowest BCUT2D eigenvalue weighted by atomic mass is 10.2. The number of rotatable bonds is 4. The number of nitrogens with zero attached hydrogens (tertiary/aromatic N) is 1. The van der Waals surface area contributed by atoms with Crippen LogP contribution in [0.3, 0.4) is 0 Å². The molecule has 2 aromatic carbocycles. The molecule has 0 aromatic heterocycles. The lowest BCUT2D eigenvalue weighted by Crippen LogP contribution is -2.26. The van der Waals surface area contributed by atoms with Crippen LogP contribution >= 0.6 is 11.6 Å². The van der Waals surface area contributed by atoms with Gasteiger partial charge in [-0.2, -0.15) is 0 Å². The standard InChI is InChI=1S/C14H11ClFNO4S/c1-17(10-4-2-9(16)3-5-10)22(20,21)11-6-7-12(14(18)19)13(15)8-11/h2-8H,1H3,(H,18,19). The topological polar surface area (TPSA) is 74.7 Å². The van der Waals surface area contributed by atoms with Gasteiger partial charge in [-0.25, -0.2) is 17.6 Å². The van der Waals surface area contributed by atoms with Crippen molar-refractivity contribution in [1.29, 1.82) is 0 Å². The third kappa shape index (κ3) is 3.05. The maximum atomic E-state index is 12.9. The predicted molar refractivity (Wildman–Crippen MR) is 80.4 cm³/mol. The number of carboxylic acids is 1. The Hall–Kier alpha value is -2.12. The number of hydrogen-bond acceptors (Lipinski definition) is 3. The van der Waals surface area contributed by atoms with Gasteiger partial charge in [0.05, 0.1) is 21.2 Å². The van der Waals surface area contributed by atoms with Gasteiger partial charge in [-0.15, -0.1) is 0 Å². The SMILES string of the molecule is CN(c1ccc(F)cc1)S(=O)(=O)c1ccc(C(=O)O)c(Cl)c1. The van der Waals surface area contributed by atoms with Crippen LogP contribution in [0.2, 0.25) is 5.02 Å². The molecule has 0 saturated carbocycles. The molecule has 0 atom stereocenters. The van der Waals surface area contributed by atoms with Crippen molar-refractivity contribution in [2.75, 3.05) is 11.4 Å². The van der Waals surface area contributed by atoms with E-state index >= 15 is 0 Å². The Morgan fingerprint density at radius 2 is 1.77 bits per heavy atom. The van der Waals surface area contributed by atoms with E-state index in [4.69, 9.17) is 16.7 Å². The van der Waals surface area contributed by atoms with Crippen molar-refractivity contribution in [3.8, 4) is 0 Å². The second-order valence-corrected chi connectivity index (χ2v) is 6.77. The minimum absolute atomic E-state index is 0.158. The molecule has 2 rings (SSSR count). The summed E-state index contributed by atoms with van der Waals surface area (Å²) >= 11 is 5.79. The zero-order valence-corrected chi connectivity index (χ0v) is 12.9. The van der Waals surface area contributed by atoms with Gasteiger partial charge in [0.15, 0.2) is 0 Å². The second-order valence-electron chi connectivity index (χ2n) is 4.40.